The van der Waals surface area contributed by atoms with Crippen molar-refractivity contribution in [3.8, 4) is 0 Å². The van der Waals surface area contributed by atoms with Gasteiger partial charge in [0.05, 0.1) is 6.10 Å². The Kier molecular flexibility index (Phi) is 6.86. The molecule has 6 heteroatoms. The summed E-state index contributed by atoms with van der Waals surface area (Å²) in [6.45, 7) is 1.07. The van der Waals surface area contributed by atoms with Crippen molar-refractivity contribution in [1.29, 1.82) is 0 Å². The van der Waals surface area contributed by atoms with E-state index in [0.717, 1.165) is 29.6 Å². The van der Waals surface area contributed by atoms with Crippen LogP contribution in [-0.2, 0) is 19.1 Å². The van der Waals surface area contributed by atoms with Gasteiger partial charge in [0.2, 0.25) is 5.91 Å². The summed E-state index contributed by atoms with van der Waals surface area (Å²) in [7, 11) is 0. The van der Waals surface area contributed by atoms with Crippen molar-refractivity contribution in [2.24, 2.45) is 0 Å². The summed E-state index contributed by atoms with van der Waals surface area (Å²) in [6, 6.07) is 7.35. The minimum absolute atomic E-state index is 0.0460. The molecule has 2 rings (SSSR count). The fourth-order valence-corrected chi connectivity index (χ4v) is 2.45. The summed E-state index contributed by atoms with van der Waals surface area (Å²) in [6.07, 6.45) is 3.05. The molecule has 0 radical (unpaired) electrons. The molecule has 1 saturated heterocycles. The van der Waals surface area contributed by atoms with E-state index in [1.807, 2.05) is 24.3 Å². The normalized spacial score (nSPS) is 17.2. The minimum atomic E-state index is -0.271. The van der Waals surface area contributed by atoms with Crippen LogP contribution >= 0.6 is 15.9 Å². The third-order valence-electron chi connectivity index (χ3n) is 3.37. The van der Waals surface area contributed by atoms with Crippen molar-refractivity contribution in [3.63, 3.8) is 0 Å². The number of halogens is 1. The fourth-order valence-electron chi connectivity index (χ4n) is 2.18. The van der Waals surface area contributed by atoms with Gasteiger partial charge in [-0.15, -0.1) is 0 Å². The number of rotatable bonds is 7. The van der Waals surface area contributed by atoms with Crippen LogP contribution in [0.2, 0.25) is 0 Å². The van der Waals surface area contributed by atoms with E-state index in [4.69, 9.17) is 9.47 Å². The van der Waals surface area contributed by atoms with E-state index in [0.29, 0.717) is 19.4 Å². The Morgan fingerprint density at radius 2 is 2.05 bits per heavy atom. The van der Waals surface area contributed by atoms with Crippen molar-refractivity contribution < 1.29 is 19.1 Å². The van der Waals surface area contributed by atoms with Crippen molar-refractivity contribution in [2.45, 2.75) is 38.2 Å². The zero-order valence-electron chi connectivity index (χ0n) is 12.3. The molecular formula is C16H20BrNO4. The van der Waals surface area contributed by atoms with E-state index >= 15 is 0 Å². The Morgan fingerprint density at radius 3 is 2.73 bits per heavy atom. The molecule has 5 nitrogen and oxygen atoms in total. The summed E-state index contributed by atoms with van der Waals surface area (Å²) < 4.78 is 11.5. The number of amides is 1. The third kappa shape index (κ3) is 6.15. The quantitative estimate of drug-likeness (QED) is 0.749. The smallest absolute Gasteiger partial charge is 0.305 e. The zero-order chi connectivity index (χ0) is 15.8. The molecule has 1 aromatic rings. The molecule has 1 amide bonds. The first-order valence-electron chi connectivity index (χ1n) is 7.46. The molecule has 0 aliphatic carbocycles. The molecule has 1 aliphatic rings. The Labute approximate surface area is 138 Å². The standard InChI is InChI=1S/C16H20BrNO4/c17-12-6-8-13(9-7-12)18-15(19)4-1-5-16(20)22-11-14-3-2-10-21-14/h6-9,14H,1-5,10-11H2,(H,18,19)/t14-/m0/s1. The SMILES string of the molecule is O=C(CCCC(=O)OC[C@@H]1CCCO1)Nc1ccc(Br)cc1. The highest BCUT2D eigenvalue weighted by molar-refractivity contribution is 9.10. The second kappa shape index (κ2) is 8.90. The van der Waals surface area contributed by atoms with E-state index < -0.39 is 0 Å². The second-order valence-corrected chi connectivity index (χ2v) is 6.14. The monoisotopic (exact) mass is 369 g/mol. The molecule has 0 aromatic heterocycles. The van der Waals surface area contributed by atoms with Gasteiger partial charge in [0.1, 0.15) is 6.61 Å². The van der Waals surface area contributed by atoms with E-state index in [1.54, 1.807) is 0 Å². The number of anilines is 1. The van der Waals surface area contributed by atoms with Crippen LogP contribution in [0.5, 0.6) is 0 Å². The maximum absolute atomic E-state index is 11.8. The Balaban J connectivity index is 1.57. The van der Waals surface area contributed by atoms with Crippen LogP contribution in [0, 0.1) is 0 Å². The molecule has 0 unspecified atom stereocenters. The van der Waals surface area contributed by atoms with Crippen molar-refractivity contribution in [1.82, 2.24) is 0 Å². The van der Waals surface area contributed by atoms with Gasteiger partial charge in [0, 0.05) is 29.6 Å². The molecular weight excluding hydrogens is 350 g/mol. The van der Waals surface area contributed by atoms with Crippen molar-refractivity contribution >= 4 is 33.5 Å². The molecule has 1 aliphatic heterocycles. The minimum Gasteiger partial charge on any atom is -0.463 e. The van der Waals surface area contributed by atoms with Crippen LogP contribution in [-0.4, -0.2) is 31.2 Å². The van der Waals surface area contributed by atoms with Gasteiger partial charge in [-0.25, -0.2) is 0 Å². The van der Waals surface area contributed by atoms with Crippen LogP contribution in [0.4, 0.5) is 5.69 Å². The average Bonchev–Trinajstić information content (AvgIpc) is 3.01. The summed E-state index contributed by atoms with van der Waals surface area (Å²) in [4.78, 5) is 23.3. The highest BCUT2D eigenvalue weighted by Gasteiger charge is 2.17. The third-order valence-corrected chi connectivity index (χ3v) is 3.90. The highest BCUT2D eigenvalue weighted by atomic mass is 79.9. The Bertz CT molecular complexity index is 497. The first-order chi connectivity index (χ1) is 10.6. The Hall–Kier alpha value is -1.40. The topological polar surface area (TPSA) is 64.6 Å². The van der Waals surface area contributed by atoms with Gasteiger partial charge in [-0.05, 0) is 43.5 Å². The van der Waals surface area contributed by atoms with Crippen LogP contribution < -0.4 is 5.32 Å². The van der Waals surface area contributed by atoms with Gasteiger partial charge in [0.15, 0.2) is 0 Å². The van der Waals surface area contributed by atoms with Gasteiger partial charge >= 0.3 is 5.97 Å². The number of ether oxygens (including phenoxy) is 2. The van der Waals surface area contributed by atoms with Crippen molar-refractivity contribution in [2.75, 3.05) is 18.5 Å². The van der Waals surface area contributed by atoms with Gasteiger partial charge < -0.3 is 14.8 Å². The first-order valence-corrected chi connectivity index (χ1v) is 8.25. The van der Waals surface area contributed by atoms with Crippen LogP contribution in [0.1, 0.15) is 32.1 Å². The average molecular weight is 370 g/mol. The number of benzene rings is 1. The molecule has 0 bridgehead atoms. The zero-order valence-corrected chi connectivity index (χ0v) is 13.9. The number of esters is 1. The summed E-state index contributed by atoms with van der Waals surface area (Å²) in [5, 5.41) is 2.79. The summed E-state index contributed by atoms with van der Waals surface area (Å²) >= 11 is 3.34. The number of carbonyl (C=O) groups is 2. The van der Waals surface area contributed by atoms with Gasteiger partial charge in [-0.2, -0.15) is 0 Å². The molecule has 1 N–H and O–H groups in total. The van der Waals surface area contributed by atoms with E-state index in [-0.39, 0.29) is 24.4 Å². The molecule has 22 heavy (non-hydrogen) atoms. The number of carbonyl (C=O) groups excluding carboxylic acids is 2. The molecule has 120 valence electrons. The molecule has 1 atom stereocenters. The van der Waals surface area contributed by atoms with Gasteiger partial charge in [0.25, 0.3) is 0 Å². The number of nitrogens with one attached hydrogen (secondary N) is 1. The predicted octanol–water partition coefficient (Wildman–Crippen LogP) is 3.28. The number of hydrogen-bond acceptors (Lipinski definition) is 4. The fraction of sp³-hybridized carbons (Fsp3) is 0.500. The molecule has 1 heterocycles. The molecule has 0 spiro atoms. The van der Waals surface area contributed by atoms with E-state index in [1.165, 1.54) is 0 Å². The number of hydrogen-bond donors (Lipinski definition) is 1. The second-order valence-electron chi connectivity index (χ2n) is 5.23. The lowest BCUT2D eigenvalue weighted by Crippen LogP contribution is -2.18. The molecule has 0 saturated carbocycles. The lowest BCUT2D eigenvalue weighted by atomic mass is 10.2. The largest absolute Gasteiger partial charge is 0.463 e. The first kappa shape index (κ1) is 17.0. The molecule has 1 aromatic carbocycles. The maximum atomic E-state index is 11.8. The van der Waals surface area contributed by atoms with Crippen LogP contribution in [0.3, 0.4) is 0 Å². The lowest BCUT2D eigenvalue weighted by molar-refractivity contribution is -0.147. The van der Waals surface area contributed by atoms with Crippen LogP contribution in [0.25, 0.3) is 0 Å². The van der Waals surface area contributed by atoms with Crippen molar-refractivity contribution in [3.05, 3.63) is 28.7 Å². The van der Waals surface area contributed by atoms with Crippen LogP contribution in [0.15, 0.2) is 28.7 Å². The van der Waals surface area contributed by atoms with E-state index in [9.17, 15) is 9.59 Å². The molecule has 1 fully saturated rings. The van der Waals surface area contributed by atoms with Gasteiger partial charge in [-0.3, -0.25) is 9.59 Å². The van der Waals surface area contributed by atoms with E-state index in [2.05, 4.69) is 21.2 Å². The maximum Gasteiger partial charge on any atom is 0.305 e. The summed E-state index contributed by atoms with van der Waals surface area (Å²) in [5.41, 5.74) is 0.745. The van der Waals surface area contributed by atoms with Gasteiger partial charge in [-0.1, -0.05) is 15.9 Å². The lowest BCUT2D eigenvalue weighted by Gasteiger charge is -2.10. The predicted molar refractivity (Wildman–Crippen MR) is 86.6 cm³/mol. The highest BCUT2D eigenvalue weighted by Crippen LogP contribution is 2.15. The summed E-state index contributed by atoms with van der Waals surface area (Å²) in [5.74, 6) is -0.374. The Morgan fingerprint density at radius 1 is 1.27 bits per heavy atom.